The first-order valence-corrected chi connectivity index (χ1v) is 7.86. The monoisotopic (exact) mass is 330 g/mol. The molecule has 0 bridgehead atoms. The lowest BCUT2D eigenvalue weighted by Gasteiger charge is -2.18. The molecule has 1 atom stereocenters. The van der Waals surface area contributed by atoms with Crippen molar-refractivity contribution in [2.24, 2.45) is 0 Å². The second-order valence-electron chi connectivity index (χ2n) is 5.68. The molecule has 0 unspecified atom stereocenters. The number of carbonyl (C=O) groups is 1. The Bertz CT molecular complexity index is 719. The van der Waals surface area contributed by atoms with Crippen molar-refractivity contribution in [2.45, 2.75) is 18.9 Å². The van der Waals surface area contributed by atoms with Gasteiger partial charge in [-0.1, -0.05) is 12.1 Å². The summed E-state index contributed by atoms with van der Waals surface area (Å²) in [6.07, 6.45) is 0.996. The summed E-state index contributed by atoms with van der Waals surface area (Å²) in [7, 11) is 0. The summed E-state index contributed by atoms with van der Waals surface area (Å²) < 4.78 is 18.4. The van der Waals surface area contributed by atoms with E-state index in [0.717, 1.165) is 30.8 Å². The van der Waals surface area contributed by atoms with E-state index in [1.54, 1.807) is 6.07 Å². The molecule has 2 amide bonds. The quantitative estimate of drug-likeness (QED) is 0.807. The molecule has 3 N–H and O–H groups in total. The number of amides is 2. The molecule has 0 saturated heterocycles. The van der Waals surface area contributed by atoms with Crippen LogP contribution in [0.1, 0.15) is 23.7 Å². The van der Waals surface area contributed by atoms with Crippen LogP contribution in [0.4, 0.5) is 14.9 Å². The van der Waals surface area contributed by atoms with E-state index in [1.165, 1.54) is 24.3 Å². The number of fused-ring (bicyclic) bond motifs is 1. The molecule has 1 aliphatic rings. The highest BCUT2D eigenvalue weighted by Gasteiger charge is 2.13. The molecule has 5 nitrogen and oxygen atoms in total. The van der Waals surface area contributed by atoms with Crippen LogP contribution in [0, 0.1) is 5.82 Å². The maximum atomic E-state index is 12.9. The Morgan fingerprint density at radius 2 is 2.04 bits per heavy atom. The van der Waals surface area contributed by atoms with Gasteiger partial charge in [0.05, 0.1) is 12.7 Å². The number of benzene rings is 2. The molecule has 0 saturated carbocycles. The van der Waals surface area contributed by atoms with Crippen molar-refractivity contribution >= 4 is 11.7 Å². The number of rotatable bonds is 4. The predicted octanol–water partition coefficient (Wildman–Crippen LogP) is 3.01. The Morgan fingerprint density at radius 1 is 1.25 bits per heavy atom. The van der Waals surface area contributed by atoms with Gasteiger partial charge in [-0.15, -0.1) is 0 Å². The zero-order valence-electron chi connectivity index (χ0n) is 13.1. The highest BCUT2D eigenvalue weighted by atomic mass is 19.1. The Hall–Kier alpha value is -2.60. The third kappa shape index (κ3) is 4.02. The number of hydrogen-bond acceptors (Lipinski definition) is 3. The van der Waals surface area contributed by atoms with Gasteiger partial charge in [-0.25, -0.2) is 9.18 Å². The minimum Gasteiger partial charge on any atom is -0.493 e. The second-order valence-corrected chi connectivity index (χ2v) is 5.68. The Balaban J connectivity index is 1.53. The lowest BCUT2D eigenvalue weighted by atomic mass is 10.1. The molecular weight excluding hydrogens is 311 g/mol. The number of ether oxygens (including phenoxy) is 1. The van der Waals surface area contributed by atoms with Crippen LogP contribution in [-0.2, 0) is 6.42 Å². The molecule has 1 heterocycles. The number of halogens is 1. The summed E-state index contributed by atoms with van der Waals surface area (Å²) in [6, 6.07) is 10.6. The van der Waals surface area contributed by atoms with Crippen LogP contribution < -0.4 is 15.4 Å². The third-order valence-electron chi connectivity index (χ3n) is 3.88. The lowest BCUT2D eigenvalue weighted by Crippen LogP contribution is -2.32. The zero-order chi connectivity index (χ0) is 16.9. The molecule has 6 heteroatoms. The molecule has 0 spiro atoms. The van der Waals surface area contributed by atoms with Crippen LogP contribution in [0.15, 0.2) is 42.5 Å². The van der Waals surface area contributed by atoms with Crippen LogP contribution in [0.25, 0.3) is 0 Å². The van der Waals surface area contributed by atoms with Gasteiger partial charge in [-0.05, 0) is 54.3 Å². The van der Waals surface area contributed by atoms with E-state index in [4.69, 9.17) is 4.74 Å². The topological polar surface area (TPSA) is 70.6 Å². The van der Waals surface area contributed by atoms with Crippen LogP contribution in [0.5, 0.6) is 5.75 Å². The molecule has 0 aliphatic carbocycles. The number of anilines is 1. The first kappa shape index (κ1) is 16.3. The van der Waals surface area contributed by atoms with E-state index in [1.807, 2.05) is 12.1 Å². The normalized spacial score (nSPS) is 14.2. The van der Waals surface area contributed by atoms with Crippen molar-refractivity contribution in [3.8, 4) is 5.75 Å². The van der Waals surface area contributed by atoms with Crippen LogP contribution in [-0.4, -0.2) is 24.3 Å². The van der Waals surface area contributed by atoms with Crippen LogP contribution in [0.3, 0.4) is 0 Å². The number of carbonyl (C=O) groups excluding carboxylic acids is 1. The SMILES string of the molecule is O=C(NC[C@H](O)c1ccc(F)cc1)Nc1ccc2c(c1)CCCO2. The lowest BCUT2D eigenvalue weighted by molar-refractivity contribution is 0.175. The third-order valence-corrected chi connectivity index (χ3v) is 3.88. The number of aliphatic hydroxyl groups is 1. The number of urea groups is 1. The van der Waals surface area contributed by atoms with Gasteiger partial charge in [-0.2, -0.15) is 0 Å². The summed E-state index contributed by atoms with van der Waals surface area (Å²) in [5, 5.41) is 15.3. The van der Waals surface area contributed by atoms with Gasteiger partial charge in [0, 0.05) is 12.2 Å². The molecule has 0 aromatic heterocycles. The standard InChI is InChI=1S/C18H19FN2O3/c19-14-5-3-12(4-6-14)16(22)11-20-18(23)21-15-7-8-17-13(10-15)2-1-9-24-17/h3-8,10,16,22H,1-2,9,11H2,(H2,20,21,23)/t16-/m0/s1. The first-order valence-electron chi connectivity index (χ1n) is 7.86. The van der Waals surface area contributed by atoms with Gasteiger partial charge in [0.2, 0.25) is 0 Å². The fourth-order valence-electron chi connectivity index (χ4n) is 2.61. The number of hydrogen-bond donors (Lipinski definition) is 3. The van der Waals surface area contributed by atoms with Crippen molar-refractivity contribution in [3.05, 3.63) is 59.4 Å². The number of aryl methyl sites for hydroxylation is 1. The summed E-state index contributed by atoms with van der Waals surface area (Å²) in [4.78, 5) is 11.9. The number of aliphatic hydroxyl groups excluding tert-OH is 1. The maximum absolute atomic E-state index is 12.9. The fraction of sp³-hybridized carbons (Fsp3) is 0.278. The van der Waals surface area contributed by atoms with E-state index in [2.05, 4.69) is 10.6 Å². The Morgan fingerprint density at radius 3 is 2.83 bits per heavy atom. The molecule has 126 valence electrons. The van der Waals surface area contributed by atoms with Gasteiger partial charge in [0.1, 0.15) is 11.6 Å². The van der Waals surface area contributed by atoms with Crippen molar-refractivity contribution in [1.29, 1.82) is 0 Å². The van der Waals surface area contributed by atoms with Gasteiger partial charge < -0.3 is 20.5 Å². The van der Waals surface area contributed by atoms with Gasteiger partial charge in [-0.3, -0.25) is 0 Å². The Labute approximate surface area is 139 Å². The van der Waals surface area contributed by atoms with E-state index in [-0.39, 0.29) is 12.4 Å². The molecule has 2 aromatic carbocycles. The summed E-state index contributed by atoms with van der Waals surface area (Å²) in [5.41, 5.74) is 2.29. The van der Waals surface area contributed by atoms with Gasteiger partial charge in [0.25, 0.3) is 0 Å². The molecule has 3 rings (SSSR count). The molecule has 1 aliphatic heterocycles. The van der Waals surface area contributed by atoms with Crippen molar-refractivity contribution in [1.82, 2.24) is 5.32 Å². The zero-order valence-corrected chi connectivity index (χ0v) is 13.1. The Kier molecular flexibility index (Phi) is 4.96. The molecule has 2 aromatic rings. The first-order chi connectivity index (χ1) is 11.6. The smallest absolute Gasteiger partial charge is 0.319 e. The largest absolute Gasteiger partial charge is 0.493 e. The number of nitrogens with one attached hydrogen (secondary N) is 2. The second kappa shape index (κ2) is 7.31. The minimum atomic E-state index is -0.895. The van der Waals surface area contributed by atoms with Gasteiger partial charge in [0.15, 0.2) is 0 Å². The van der Waals surface area contributed by atoms with Crippen molar-refractivity contribution < 1.29 is 19.0 Å². The average molecular weight is 330 g/mol. The summed E-state index contributed by atoms with van der Waals surface area (Å²) in [6.45, 7) is 0.757. The molecule has 0 fully saturated rings. The highest BCUT2D eigenvalue weighted by molar-refractivity contribution is 5.89. The van der Waals surface area contributed by atoms with Gasteiger partial charge >= 0.3 is 6.03 Å². The van der Waals surface area contributed by atoms with Crippen molar-refractivity contribution in [3.63, 3.8) is 0 Å². The fourth-order valence-corrected chi connectivity index (χ4v) is 2.61. The average Bonchev–Trinajstić information content (AvgIpc) is 2.60. The van der Waals surface area contributed by atoms with E-state index in [0.29, 0.717) is 11.3 Å². The van der Waals surface area contributed by atoms with Crippen LogP contribution >= 0.6 is 0 Å². The highest BCUT2D eigenvalue weighted by Crippen LogP contribution is 2.27. The molecule has 24 heavy (non-hydrogen) atoms. The molecular formula is C18H19FN2O3. The van der Waals surface area contributed by atoms with Crippen molar-refractivity contribution in [2.75, 3.05) is 18.5 Å². The summed E-state index contributed by atoms with van der Waals surface area (Å²) in [5.74, 6) is 0.493. The summed E-state index contributed by atoms with van der Waals surface area (Å²) >= 11 is 0. The van der Waals surface area contributed by atoms with Crippen LogP contribution in [0.2, 0.25) is 0 Å². The van der Waals surface area contributed by atoms with E-state index < -0.39 is 12.1 Å². The van der Waals surface area contributed by atoms with E-state index >= 15 is 0 Å². The molecule has 0 radical (unpaired) electrons. The van der Waals surface area contributed by atoms with E-state index in [9.17, 15) is 14.3 Å². The predicted molar refractivity (Wildman–Crippen MR) is 88.6 cm³/mol. The maximum Gasteiger partial charge on any atom is 0.319 e. The minimum absolute atomic E-state index is 0.0333.